The van der Waals surface area contributed by atoms with Gasteiger partial charge in [0.05, 0.1) is 0 Å². The molecule has 1 aliphatic heterocycles. The van der Waals surface area contributed by atoms with Crippen LogP contribution in [0.2, 0.25) is 0 Å². The first-order valence-electron chi connectivity index (χ1n) is 5.04. The van der Waals surface area contributed by atoms with Gasteiger partial charge in [-0.2, -0.15) is 4.99 Å². The molecule has 2 rings (SSSR count). The lowest BCUT2D eigenvalue weighted by atomic mass is 10.1. The van der Waals surface area contributed by atoms with E-state index in [-0.39, 0.29) is 12.1 Å². The molecule has 0 spiro atoms. The van der Waals surface area contributed by atoms with Gasteiger partial charge in [-0.15, -0.1) is 6.58 Å². The van der Waals surface area contributed by atoms with Gasteiger partial charge in [-0.1, -0.05) is 36.4 Å². The maximum absolute atomic E-state index is 11.6. The number of carbonyl (C=O) groups excluding carboxylic acids is 1. The molecule has 2 amide bonds. The van der Waals surface area contributed by atoms with Crippen LogP contribution in [0.25, 0.3) is 0 Å². The summed E-state index contributed by atoms with van der Waals surface area (Å²) in [6, 6.07) is 9.06. The molecule has 2 N–H and O–H groups in total. The number of aliphatic imine (C=N–C) groups is 1. The van der Waals surface area contributed by atoms with Crippen LogP contribution in [0.1, 0.15) is 11.6 Å². The summed E-state index contributed by atoms with van der Waals surface area (Å²) in [7, 11) is 0. The van der Waals surface area contributed by atoms with E-state index in [0.717, 1.165) is 5.56 Å². The molecule has 0 aromatic heterocycles. The Morgan fingerprint density at radius 2 is 2.12 bits per heavy atom. The lowest BCUT2D eigenvalue weighted by Crippen LogP contribution is -2.33. The van der Waals surface area contributed by atoms with Gasteiger partial charge in [-0.05, 0) is 5.56 Å². The van der Waals surface area contributed by atoms with Gasteiger partial charge in [0.15, 0.2) is 0 Å². The highest BCUT2D eigenvalue weighted by Gasteiger charge is 2.33. The number of urea groups is 1. The average Bonchev–Trinajstić information content (AvgIpc) is 2.56. The lowest BCUT2D eigenvalue weighted by Gasteiger charge is -2.22. The third kappa shape index (κ3) is 1.69. The van der Waals surface area contributed by atoms with E-state index < -0.39 is 0 Å². The molecule has 1 aromatic rings. The van der Waals surface area contributed by atoms with Gasteiger partial charge in [-0.25, -0.2) is 4.79 Å². The summed E-state index contributed by atoms with van der Waals surface area (Å²) in [5, 5.41) is 0. The fourth-order valence-electron chi connectivity index (χ4n) is 1.81. The maximum atomic E-state index is 11.6. The quantitative estimate of drug-likeness (QED) is 0.780. The van der Waals surface area contributed by atoms with Crippen molar-refractivity contribution in [2.24, 2.45) is 10.7 Å². The van der Waals surface area contributed by atoms with Gasteiger partial charge in [0.1, 0.15) is 11.9 Å². The molecule has 1 aliphatic rings. The Hall–Kier alpha value is -2.10. The zero-order valence-electron chi connectivity index (χ0n) is 8.84. The lowest BCUT2D eigenvalue weighted by molar-refractivity contribution is 0.213. The Morgan fingerprint density at radius 3 is 2.75 bits per heavy atom. The number of carbonyl (C=O) groups is 1. The number of amidine groups is 1. The Labute approximate surface area is 94.1 Å². The van der Waals surface area contributed by atoms with E-state index in [1.165, 1.54) is 0 Å². The summed E-state index contributed by atoms with van der Waals surface area (Å²) in [5.74, 6) is 0.345. The number of amides is 2. The molecule has 4 heteroatoms. The summed E-state index contributed by atoms with van der Waals surface area (Å²) in [5.41, 5.74) is 6.74. The SMILES string of the molecule is C=CCN1C(=O)N=C(N)C1c1ccccc1. The average molecular weight is 215 g/mol. The molecule has 1 unspecified atom stereocenters. The van der Waals surface area contributed by atoms with Crippen molar-refractivity contribution < 1.29 is 4.79 Å². The summed E-state index contributed by atoms with van der Waals surface area (Å²) >= 11 is 0. The monoisotopic (exact) mass is 215 g/mol. The van der Waals surface area contributed by atoms with Crippen LogP contribution in [0, 0.1) is 0 Å². The van der Waals surface area contributed by atoms with Crippen LogP contribution < -0.4 is 5.73 Å². The van der Waals surface area contributed by atoms with E-state index in [2.05, 4.69) is 11.6 Å². The predicted molar refractivity (Wildman–Crippen MR) is 63.1 cm³/mol. The zero-order valence-corrected chi connectivity index (χ0v) is 8.84. The second-order valence-electron chi connectivity index (χ2n) is 3.57. The molecule has 0 bridgehead atoms. The largest absolute Gasteiger partial charge is 0.385 e. The minimum Gasteiger partial charge on any atom is -0.385 e. The highest BCUT2D eigenvalue weighted by molar-refractivity contribution is 6.03. The normalized spacial score (nSPS) is 19.8. The molecular formula is C12H13N3O. The van der Waals surface area contributed by atoms with Crippen molar-refractivity contribution in [1.29, 1.82) is 0 Å². The summed E-state index contributed by atoms with van der Waals surface area (Å²) in [6.45, 7) is 4.07. The number of benzene rings is 1. The third-order valence-corrected chi connectivity index (χ3v) is 2.50. The van der Waals surface area contributed by atoms with Gasteiger partial charge in [0, 0.05) is 6.54 Å². The third-order valence-electron chi connectivity index (χ3n) is 2.50. The van der Waals surface area contributed by atoms with Gasteiger partial charge in [0.2, 0.25) is 0 Å². The zero-order chi connectivity index (χ0) is 11.5. The Bertz CT molecular complexity index is 439. The van der Waals surface area contributed by atoms with Crippen molar-refractivity contribution in [3.05, 3.63) is 48.6 Å². The predicted octanol–water partition coefficient (Wildman–Crippen LogP) is 1.71. The fraction of sp³-hybridized carbons (Fsp3) is 0.167. The first-order valence-corrected chi connectivity index (χ1v) is 5.04. The molecule has 1 atom stereocenters. The van der Waals surface area contributed by atoms with Crippen molar-refractivity contribution >= 4 is 11.9 Å². The van der Waals surface area contributed by atoms with Gasteiger partial charge in [-0.3, -0.25) is 0 Å². The van der Waals surface area contributed by atoms with Crippen molar-refractivity contribution in [3.63, 3.8) is 0 Å². The van der Waals surface area contributed by atoms with E-state index in [9.17, 15) is 4.79 Å². The minimum absolute atomic E-state index is 0.258. The molecule has 0 saturated heterocycles. The van der Waals surface area contributed by atoms with E-state index in [4.69, 9.17) is 5.73 Å². The molecule has 4 nitrogen and oxygen atoms in total. The smallest absolute Gasteiger partial charge is 0.346 e. The van der Waals surface area contributed by atoms with Crippen molar-refractivity contribution in [2.75, 3.05) is 6.54 Å². The number of nitrogens with zero attached hydrogens (tertiary/aromatic N) is 2. The van der Waals surface area contributed by atoms with Crippen LogP contribution in [0.3, 0.4) is 0 Å². The van der Waals surface area contributed by atoms with Gasteiger partial charge >= 0.3 is 6.03 Å². The summed E-state index contributed by atoms with van der Waals surface area (Å²) < 4.78 is 0. The van der Waals surface area contributed by atoms with Gasteiger partial charge < -0.3 is 10.6 Å². The van der Waals surface area contributed by atoms with Gasteiger partial charge in [0.25, 0.3) is 0 Å². The molecule has 82 valence electrons. The van der Waals surface area contributed by atoms with E-state index in [1.54, 1.807) is 11.0 Å². The molecule has 0 saturated carbocycles. The van der Waals surface area contributed by atoms with Crippen molar-refractivity contribution in [3.8, 4) is 0 Å². The number of rotatable bonds is 3. The topological polar surface area (TPSA) is 58.7 Å². The molecule has 1 heterocycles. The van der Waals surface area contributed by atoms with Crippen LogP contribution in [-0.4, -0.2) is 23.3 Å². The standard InChI is InChI=1S/C12H13N3O/c1-2-8-15-10(11(13)14-12(15)16)9-6-4-3-5-7-9/h2-7,10H,1,8H2,(H2,13,14,16). The number of nitrogens with two attached hydrogens (primary N) is 1. The van der Waals surface area contributed by atoms with Crippen LogP contribution in [0.5, 0.6) is 0 Å². The molecule has 0 fully saturated rings. The first-order chi connectivity index (χ1) is 7.74. The summed E-state index contributed by atoms with van der Waals surface area (Å²) in [6.07, 6.45) is 1.67. The Morgan fingerprint density at radius 1 is 1.44 bits per heavy atom. The summed E-state index contributed by atoms with van der Waals surface area (Å²) in [4.78, 5) is 16.9. The second-order valence-corrected chi connectivity index (χ2v) is 3.57. The van der Waals surface area contributed by atoms with Crippen LogP contribution in [-0.2, 0) is 0 Å². The maximum Gasteiger partial charge on any atom is 0.346 e. The number of hydrogen-bond acceptors (Lipinski definition) is 2. The second kappa shape index (κ2) is 4.18. The molecule has 16 heavy (non-hydrogen) atoms. The molecular weight excluding hydrogens is 202 g/mol. The van der Waals surface area contributed by atoms with Crippen molar-refractivity contribution in [2.45, 2.75) is 6.04 Å². The van der Waals surface area contributed by atoms with Crippen LogP contribution in [0.15, 0.2) is 48.0 Å². The Balaban J connectivity index is 2.35. The van der Waals surface area contributed by atoms with Crippen molar-refractivity contribution in [1.82, 2.24) is 4.90 Å². The fourth-order valence-corrected chi connectivity index (χ4v) is 1.81. The van der Waals surface area contributed by atoms with E-state index in [0.29, 0.717) is 12.4 Å². The highest BCUT2D eigenvalue weighted by Crippen LogP contribution is 2.26. The van der Waals surface area contributed by atoms with E-state index >= 15 is 0 Å². The highest BCUT2D eigenvalue weighted by atomic mass is 16.2. The van der Waals surface area contributed by atoms with Crippen LogP contribution >= 0.6 is 0 Å². The first kappa shape index (κ1) is 10.4. The molecule has 1 aromatic carbocycles. The molecule has 0 radical (unpaired) electrons. The Kier molecular flexibility index (Phi) is 2.72. The van der Waals surface area contributed by atoms with Crippen LogP contribution in [0.4, 0.5) is 4.79 Å². The minimum atomic E-state index is -0.300. The number of hydrogen-bond donors (Lipinski definition) is 1. The molecule has 0 aliphatic carbocycles. The van der Waals surface area contributed by atoms with E-state index in [1.807, 2.05) is 30.3 Å².